The second kappa shape index (κ2) is 3.88. The monoisotopic (exact) mass is 167 g/mol. The topological polar surface area (TPSA) is 40.7 Å². The Bertz CT molecular complexity index is 240. The first-order chi connectivity index (χ1) is 5.34. The van der Waals surface area contributed by atoms with Crippen LogP contribution < -0.4 is 5.32 Å². The normalized spacial score (nSPS) is 9.09. The molecule has 0 aliphatic carbocycles. The van der Waals surface area contributed by atoms with Crippen molar-refractivity contribution in [3.63, 3.8) is 0 Å². The van der Waals surface area contributed by atoms with Gasteiger partial charge in [0.15, 0.2) is 5.82 Å². The molecule has 1 heterocycles. The lowest BCUT2D eigenvalue weighted by atomic mass is 10.5. The quantitative estimate of drug-likeness (QED) is 0.518. The fourth-order valence-corrected chi connectivity index (χ4v) is 0.833. The lowest BCUT2D eigenvalue weighted by Gasteiger charge is -1.99. The van der Waals surface area contributed by atoms with E-state index >= 15 is 0 Å². The van der Waals surface area contributed by atoms with E-state index in [0.717, 1.165) is 0 Å². The van der Waals surface area contributed by atoms with Gasteiger partial charge < -0.3 is 10.3 Å². The average Bonchev–Trinajstić information content (AvgIpc) is 2.52. The third-order valence-corrected chi connectivity index (χ3v) is 1.46. The zero-order valence-electron chi connectivity index (χ0n) is 6.00. The van der Waals surface area contributed by atoms with Gasteiger partial charge in [0.1, 0.15) is 4.99 Å². The largest absolute Gasteiger partial charge is 0.370 e. The molecule has 1 rings (SSSR count). The first kappa shape index (κ1) is 7.94. The van der Waals surface area contributed by atoms with Gasteiger partial charge in [-0.1, -0.05) is 18.3 Å². The molecule has 0 aromatic carbocycles. The van der Waals surface area contributed by atoms with Gasteiger partial charge in [-0.3, -0.25) is 0 Å². The maximum atomic E-state index is 4.99. The number of aromatic amines is 1. The van der Waals surface area contributed by atoms with Crippen LogP contribution in [0.5, 0.6) is 0 Å². The van der Waals surface area contributed by atoms with Crippen LogP contribution in [0.25, 0.3) is 0 Å². The van der Waals surface area contributed by atoms with E-state index in [1.165, 1.54) is 0 Å². The van der Waals surface area contributed by atoms with E-state index in [-0.39, 0.29) is 0 Å². The van der Waals surface area contributed by atoms with Crippen LogP contribution in [0.1, 0.15) is 5.82 Å². The fraction of sp³-hybridized carbons (Fsp3) is 0.143. The Hall–Kier alpha value is -1.16. The Morgan fingerprint density at radius 1 is 1.91 bits per heavy atom. The van der Waals surface area contributed by atoms with Crippen LogP contribution in [0.3, 0.4) is 0 Å². The molecule has 0 fully saturated rings. The predicted molar refractivity (Wildman–Crippen MR) is 48.5 cm³/mol. The van der Waals surface area contributed by atoms with Crippen LogP contribution in [-0.4, -0.2) is 21.5 Å². The molecule has 58 valence electrons. The third kappa shape index (κ3) is 2.16. The molecule has 1 aromatic heterocycles. The standard InChI is InChI=1S/C7H9N3S/c1-2-3-10-7(11)6-8-4-5-9-6/h2,4-5H,1,3H2,(H,8,9)(H,10,11). The molecule has 1 aromatic rings. The van der Waals surface area contributed by atoms with Crippen molar-refractivity contribution in [3.05, 3.63) is 30.9 Å². The van der Waals surface area contributed by atoms with Gasteiger partial charge in [0.2, 0.25) is 0 Å². The lowest BCUT2D eigenvalue weighted by molar-refractivity contribution is 1.04. The van der Waals surface area contributed by atoms with Crippen molar-refractivity contribution < 1.29 is 0 Å². The lowest BCUT2D eigenvalue weighted by Crippen LogP contribution is -2.23. The Morgan fingerprint density at radius 2 is 2.73 bits per heavy atom. The van der Waals surface area contributed by atoms with E-state index in [4.69, 9.17) is 12.2 Å². The van der Waals surface area contributed by atoms with Gasteiger partial charge in [-0.15, -0.1) is 6.58 Å². The molecule has 0 spiro atoms. The summed E-state index contributed by atoms with van der Waals surface area (Å²) in [4.78, 5) is 7.49. The Balaban J connectivity index is 2.49. The van der Waals surface area contributed by atoms with Crippen molar-refractivity contribution >= 4 is 17.2 Å². The maximum Gasteiger partial charge on any atom is 0.164 e. The SMILES string of the molecule is C=CCNC(=S)c1ncc[nH]1. The third-order valence-electron chi connectivity index (χ3n) is 1.12. The number of nitrogens with zero attached hydrogens (tertiary/aromatic N) is 1. The van der Waals surface area contributed by atoms with Crippen LogP contribution >= 0.6 is 12.2 Å². The van der Waals surface area contributed by atoms with Crippen LogP contribution in [0.2, 0.25) is 0 Å². The molecule has 0 aliphatic rings. The minimum absolute atomic E-state index is 0.620. The number of H-pyrrole nitrogens is 1. The second-order valence-corrected chi connectivity index (χ2v) is 2.34. The summed E-state index contributed by atoms with van der Waals surface area (Å²) in [5.41, 5.74) is 0. The number of nitrogens with one attached hydrogen (secondary N) is 2. The highest BCUT2D eigenvalue weighted by Crippen LogP contribution is 1.88. The number of rotatable bonds is 3. The van der Waals surface area contributed by atoms with Gasteiger partial charge >= 0.3 is 0 Å². The summed E-state index contributed by atoms with van der Waals surface area (Å²) in [6.45, 7) is 4.23. The zero-order chi connectivity index (χ0) is 8.10. The van der Waals surface area contributed by atoms with Crippen molar-refractivity contribution in [1.82, 2.24) is 15.3 Å². The summed E-state index contributed by atoms with van der Waals surface area (Å²) in [6, 6.07) is 0. The van der Waals surface area contributed by atoms with E-state index in [1.54, 1.807) is 18.5 Å². The van der Waals surface area contributed by atoms with Gasteiger partial charge in [0.25, 0.3) is 0 Å². The first-order valence-corrected chi connectivity index (χ1v) is 3.64. The van der Waals surface area contributed by atoms with E-state index < -0.39 is 0 Å². The molecule has 0 bridgehead atoms. The van der Waals surface area contributed by atoms with E-state index in [9.17, 15) is 0 Å². The summed E-state index contributed by atoms with van der Waals surface area (Å²) in [5.74, 6) is 0.696. The molecule has 11 heavy (non-hydrogen) atoms. The van der Waals surface area contributed by atoms with Crippen molar-refractivity contribution in [3.8, 4) is 0 Å². The van der Waals surface area contributed by atoms with Crippen LogP contribution in [0, 0.1) is 0 Å². The summed E-state index contributed by atoms with van der Waals surface area (Å²) in [7, 11) is 0. The van der Waals surface area contributed by atoms with Crippen LogP contribution in [-0.2, 0) is 0 Å². The van der Waals surface area contributed by atoms with Gasteiger partial charge in [-0.05, 0) is 0 Å². The highest BCUT2D eigenvalue weighted by atomic mass is 32.1. The van der Waals surface area contributed by atoms with Gasteiger partial charge in [-0.2, -0.15) is 0 Å². The molecule has 0 radical (unpaired) electrons. The predicted octanol–water partition coefficient (Wildman–Crippen LogP) is 0.861. The minimum atomic E-state index is 0.620. The number of aromatic nitrogens is 2. The summed E-state index contributed by atoms with van der Waals surface area (Å²) in [5, 5.41) is 2.95. The van der Waals surface area contributed by atoms with E-state index in [2.05, 4.69) is 21.9 Å². The zero-order valence-corrected chi connectivity index (χ0v) is 6.82. The van der Waals surface area contributed by atoms with Crippen molar-refractivity contribution in [1.29, 1.82) is 0 Å². The van der Waals surface area contributed by atoms with Crippen LogP contribution in [0.15, 0.2) is 25.0 Å². The second-order valence-electron chi connectivity index (χ2n) is 1.94. The Labute approximate surface area is 70.5 Å². The van der Waals surface area contributed by atoms with E-state index in [1.807, 2.05) is 0 Å². The molecule has 0 saturated carbocycles. The van der Waals surface area contributed by atoms with Gasteiger partial charge in [0.05, 0.1) is 0 Å². The number of hydrogen-bond acceptors (Lipinski definition) is 2. The molecular weight excluding hydrogens is 158 g/mol. The molecule has 2 N–H and O–H groups in total. The molecule has 0 amide bonds. The fourth-order valence-electron chi connectivity index (χ4n) is 0.638. The summed E-state index contributed by atoms with van der Waals surface area (Å²) >= 11 is 4.99. The Morgan fingerprint density at radius 3 is 3.27 bits per heavy atom. The molecule has 4 heteroatoms. The maximum absolute atomic E-state index is 4.99. The van der Waals surface area contributed by atoms with Gasteiger partial charge in [-0.25, -0.2) is 4.98 Å². The molecule has 0 atom stereocenters. The molecule has 0 saturated heterocycles. The van der Waals surface area contributed by atoms with Crippen molar-refractivity contribution in [2.45, 2.75) is 0 Å². The van der Waals surface area contributed by atoms with Gasteiger partial charge in [0, 0.05) is 18.9 Å². The minimum Gasteiger partial charge on any atom is -0.370 e. The number of thiocarbonyl (C=S) groups is 1. The Kier molecular flexibility index (Phi) is 2.80. The molecule has 0 aliphatic heterocycles. The smallest absolute Gasteiger partial charge is 0.164 e. The number of imidazole rings is 1. The molecule has 0 unspecified atom stereocenters. The highest BCUT2D eigenvalue weighted by Gasteiger charge is 1.99. The molecule has 3 nitrogen and oxygen atoms in total. The van der Waals surface area contributed by atoms with Crippen molar-refractivity contribution in [2.75, 3.05) is 6.54 Å². The van der Waals surface area contributed by atoms with Crippen molar-refractivity contribution in [2.24, 2.45) is 0 Å². The van der Waals surface area contributed by atoms with E-state index in [0.29, 0.717) is 17.4 Å². The summed E-state index contributed by atoms with van der Waals surface area (Å²) in [6.07, 6.45) is 5.14. The first-order valence-electron chi connectivity index (χ1n) is 3.23. The average molecular weight is 167 g/mol. The molecular formula is C7H9N3S. The number of hydrogen-bond donors (Lipinski definition) is 2. The highest BCUT2D eigenvalue weighted by molar-refractivity contribution is 7.80. The summed E-state index contributed by atoms with van der Waals surface area (Å²) < 4.78 is 0. The van der Waals surface area contributed by atoms with Crippen LogP contribution in [0.4, 0.5) is 0 Å².